The average Bonchev–Trinajstić information content (AvgIpc) is 3.65. The number of rotatable bonds is 10. The number of nitrogens with zero attached hydrogens (tertiary/aromatic N) is 2. The number of ketones is 3. The smallest absolute Gasteiger partial charge is 0.329 e. The molecule has 1 amide bonds. The molecule has 1 saturated carbocycles. The van der Waals surface area contributed by atoms with Gasteiger partial charge in [0.25, 0.3) is 21.8 Å². The van der Waals surface area contributed by atoms with Crippen LogP contribution in [-0.2, 0) is 62.0 Å². The van der Waals surface area contributed by atoms with Gasteiger partial charge >= 0.3 is 5.97 Å². The Morgan fingerprint density at radius 2 is 1.53 bits per heavy atom. The second kappa shape index (κ2) is 29.1. The number of carbonyl (C=O) groups excluding carboxylic acids is 5. The van der Waals surface area contributed by atoms with Crippen molar-refractivity contribution in [2.75, 3.05) is 46.9 Å². The van der Waals surface area contributed by atoms with Crippen LogP contribution < -0.4 is 4.90 Å². The number of piperidine rings is 1. The second-order valence-electron chi connectivity index (χ2n) is 23.6. The fourth-order valence-electron chi connectivity index (χ4n) is 12.3. The van der Waals surface area contributed by atoms with Crippen molar-refractivity contribution in [3.8, 4) is 0 Å². The van der Waals surface area contributed by atoms with E-state index in [9.17, 15) is 42.6 Å². The lowest BCUT2D eigenvalue weighted by Gasteiger charge is -2.42. The molecule has 2 bridgehead atoms. The molecule has 15 atom stereocenters. The SMILES string of the molecule is CO[C@H]1C[C@@H]2CC[C@@H](C)[C@@](O)(O2)C(=O)C(=O)N2CCCC[C@H]2C(=O)O[C@H]([C@H](C)C[C@@H]2CC[C@@H](OS(=O)(=O)c3cccc4c(N(C)C)cccc34)[C@H](OC)C2)CC(=O)[C@H](C)/C=C(/C)[C@@H](O)[C@@H](OC)C(=O)[C@H](C)C[C@H](C)\C=C/C=C\C=C/1C. The molecule has 3 fully saturated rings. The van der Waals surface area contributed by atoms with Gasteiger partial charge in [-0.15, -0.1) is 0 Å². The topological polar surface area (TPSA) is 222 Å². The van der Waals surface area contributed by atoms with Crippen LogP contribution in [0.1, 0.15) is 126 Å². The van der Waals surface area contributed by atoms with Crippen molar-refractivity contribution in [1.29, 1.82) is 0 Å². The van der Waals surface area contributed by atoms with Crippen molar-refractivity contribution in [1.82, 2.24) is 4.90 Å². The van der Waals surface area contributed by atoms with Gasteiger partial charge in [-0.1, -0.05) is 95.3 Å². The number of ether oxygens (including phenoxy) is 5. The molecule has 448 valence electrons. The number of amides is 1. The highest BCUT2D eigenvalue weighted by molar-refractivity contribution is 7.87. The Hall–Kier alpha value is -4.92. The molecular formula is C63H90N2O15S. The van der Waals surface area contributed by atoms with Crippen LogP contribution in [0.15, 0.2) is 88.9 Å². The molecule has 0 radical (unpaired) electrons. The number of carbonyl (C=O) groups is 5. The third kappa shape index (κ3) is 16.0. The number of cyclic esters (lactones) is 1. The minimum atomic E-state index is -4.26. The molecule has 0 aromatic heterocycles. The van der Waals surface area contributed by atoms with Gasteiger partial charge in [-0.25, -0.2) is 4.79 Å². The van der Waals surface area contributed by atoms with Gasteiger partial charge in [0.05, 0.1) is 18.3 Å². The highest BCUT2D eigenvalue weighted by atomic mass is 32.2. The minimum absolute atomic E-state index is 0.0114. The maximum Gasteiger partial charge on any atom is 0.329 e. The fourth-order valence-corrected chi connectivity index (χ4v) is 13.6. The van der Waals surface area contributed by atoms with Crippen LogP contribution in [0.25, 0.3) is 10.8 Å². The standard InChI is InChI=1S/C63H90N2O15S/c1-38-20-14-13-15-21-39(2)53(75-10)36-46-29-27-44(7)63(72,79-46)60(69)61(70)65-31-17-16-24-50(65)62(71)78-54(37-51(66)40(3)33-43(6)58(68)59(77-12)57(67)42(5)32-38)41(4)34-45-28-30-52(55(35-45)76-11)80-81(73,74)56-26-19-22-47-48(56)23-18-25-49(47)64(8)9/h13-15,18-23,25-26,33,38,40-42,44-46,50,52-55,58-59,68,72H,16-17,24,27-32,34-37H2,1-12H3/b15-13-,20-14-,39-21-,43-33-/t38-,40-,41-,42-,44-,45+,46+,50+,52-,53+,54+,55-,58-,59+,63-/m1/s1. The third-order valence-electron chi connectivity index (χ3n) is 17.3. The molecule has 0 unspecified atom stereocenters. The summed E-state index contributed by atoms with van der Waals surface area (Å²) >= 11 is 0. The van der Waals surface area contributed by atoms with Gasteiger partial charge in [0.1, 0.15) is 41.1 Å². The number of Topliss-reactive ketones (excluding diaryl/α,β-unsaturated/α-hetero) is 3. The van der Waals surface area contributed by atoms with Crippen molar-refractivity contribution in [2.45, 2.75) is 185 Å². The van der Waals surface area contributed by atoms with Gasteiger partial charge in [0.2, 0.25) is 5.79 Å². The fraction of sp³-hybridized carbons (Fsp3) is 0.635. The zero-order chi connectivity index (χ0) is 59.5. The first-order valence-electron chi connectivity index (χ1n) is 29.0. The van der Waals surface area contributed by atoms with E-state index in [4.69, 9.17) is 27.9 Å². The number of fused-ring (bicyclic) bond motifs is 4. The average molecular weight is 1150 g/mol. The normalized spacial score (nSPS) is 35.0. The van der Waals surface area contributed by atoms with Crippen LogP contribution in [0.4, 0.5) is 5.69 Å². The second-order valence-corrected chi connectivity index (χ2v) is 25.2. The first kappa shape index (κ1) is 65.2. The van der Waals surface area contributed by atoms with Gasteiger partial charge in [0, 0.05) is 89.0 Å². The number of benzene rings is 2. The number of hydrogen-bond acceptors (Lipinski definition) is 16. The monoisotopic (exact) mass is 1150 g/mol. The minimum Gasteiger partial charge on any atom is -0.460 e. The predicted molar refractivity (Wildman–Crippen MR) is 309 cm³/mol. The zero-order valence-electron chi connectivity index (χ0n) is 49.7. The van der Waals surface area contributed by atoms with E-state index in [2.05, 4.69) is 0 Å². The lowest BCUT2D eigenvalue weighted by atomic mass is 9.78. The van der Waals surface area contributed by atoms with E-state index in [1.807, 2.05) is 88.3 Å². The van der Waals surface area contributed by atoms with Crippen molar-refractivity contribution < 1.29 is 70.5 Å². The summed E-state index contributed by atoms with van der Waals surface area (Å²) in [5, 5.41) is 25.0. The van der Waals surface area contributed by atoms with Crippen molar-refractivity contribution in [2.24, 2.45) is 35.5 Å². The number of aliphatic hydroxyl groups is 2. The van der Waals surface area contributed by atoms with Crippen molar-refractivity contribution in [3.63, 3.8) is 0 Å². The Bertz CT molecular complexity index is 2770. The van der Waals surface area contributed by atoms with E-state index in [0.29, 0.717) is 68.7 Å². The molecule has 2 saturated heterocycles. The van der Waals surface area contributed by atoms with Crippen LogP contribution in [-0.4, -0.2) is 149 Å². The molecule has 4 aliphatic rings. The first-order chi connectivity index (χ1) is 38.3. The van der Waals surface area contributed by atoms with Crippen LogP contribution in [0.3, 0.4) is 0 Å². The molecule has 81 heavy (non-hydrogen) atoms. The van der Waals surface area contributed by atoms with Crippen LogP contribution in [0.2, 0.25) is 0 Å². The molecule has 2 aromatic rings. The molecule has 0 spiro atoms. The summed E-state index contributed by atoms with van der Waals surface area (Å²) in [6.07, 6.45) is 9.26. The number of aliphatic hydroxyl groups excluding tert-OH is 1. The number of esters is 1. The van der Waals surface area contributed by atoms with Crippen LogP contribution >= 0.6 is 0 Å². The molecule has 1 aliphatic carbocycles. The van der Waals surface area contributed by atoms with E-state index >= 15 is 0 Å². The first-order valence-corrected chi connectivity index (χ1v) is 30.4. The maximum absolute atomic E-state index is 14.7. The van der Waals surface area contributed by atoms with E-state index in [1.165, 1.54) is 25.2 Å². The Kier molecular flexibility index (Phi) is 23.4. The van der Waals surface area contributed by atoms with E-state index < -0.39 is 106 Å². The van der Waals surface area contributed by atoms with E-state index in [1.54, 1.807) is 53.0 Å². The Labute approximate surface area is 480 Å². The highest BCUT2D eigenvalue weighted by Crippen LogP contribution is 2.40. The molecule has 3 heterocycles. The Morgan fingerprint density at radius 3 is 2.22 bits per heavy atom. The van der Waals surface area contributed by atoms with Gasteiger partial charge in [-0.05, 0) is 119 Å². The molecule has 2 aromatic carbocycles. The number of methoxy groups -OCH3 is 3. The lowest BCUT2D eigenvalue weighted by Crippen LogP contribution is -2.61. The molecule has 3 aliphatic heterocycles. The summed E-state index contributed by atoms with van der Waals surface area (Å²) in [5.41, 5.74) is 2.07. The number of allylic oxidation sites excluding steroid dienone is 6. The summed E-state index contributed by atoms with van der Waals surface area (Å²) in [5.74, 6) is -8.74. The summed E-state index contributed by atoms with van der Waals surface area (Å²) < 4.78 is 64.2. The summed E-state index contributed by atoms with van der Waals surface area (Å²) in [4.78, 5) is 75.0. The molecule has 17 nitrogen and oxygen atoms in total. The van der Waals surface area contributed by atoms with Gasteiger partial charge < -0.3 is 43.7 Å². The van der Waals surface area contributed by atoms with Crippen molar-refractivity contribution >= 4 is 55.8 Å². The van der Waals surface area contributed by atoms with Crippen molar-refractivity contribution in [3.05, 3.63) is 84.0 Å². The van der Waals surface area contributed by atoms with Gasteiger partial charge in [-0.3, -0.25) is 23.4 Å². The third-order valence-corrected chi connectivity index (χ3v) is 18.7. The highest BCUT2D eigenvalue weighted by Gasteiger charge is 2.53. The Morgan fingerprint density at radius 1 is 0.815 bits per heavy atom. The van der Waals surface area contributed by atoms with E-state index in [-0.39, 0.29) is 54.1 Å². The largest absolute Gasteiger partial charge is 0.460 e. The molecule has 2 N–H and O–H groups in total. The Balaban J connectivity index is 1.28. The zero-order valence-corrected chi connectivity index (χ0v) is 50.5. The molecular weight excluding hydrogens is 1060 g/mol. The number of hydrogen-bond donors (Lipinski definition) is 2. The predicted octanol–water partition coefficient (Wildman–Crippen LogP) is 8.81. The molecule has 6 rings (SSSR count). The molecule has 18 heteroatoms. The van der Waals surface area contributed by atoms with Crippen LogP contribution in [0.5, 0.6) is 0 Å². The lowest BCUT2D eigenvalue weighted by molar-refractivity contribution is -0.265. The number of anilines is 1. The van der Waals surface area contributed by atoms with Crippen LogP contribution in [0, 0.1) is 35.5 Å². The van der Waals surface area contributed by atoms with E-state index in [0.717, 1.165) is 16.6 Å². The summed E-state index contributed by atoms with van der Waals surface area (Å²) in [7, 11) is 3.96. The van der Waals surface area contributed by atoms with Gasteiger partial charge in [-0.2, -0.15) is 8.42 Å². The summed E-state index contributed by atoms with van der Waals surface area (Å²) in [6, 6.07) is 9.39. The van der Waals surface area contributed by atoms with Gasteiger partial charge in [0.15, 0.2) is 5.78 Å². The summed E-state index contributed by atoms with van der Waals surface area (Å²) in [6.45, 7) is 12.6. The maximum atomic E-state index is 14.7. The quantitative estimate of drug-likeness (QED) is 0.0982.